The van der Waals surface area contributed by atoms with E-state index < -0.39 is 66.8 Å². The molecule has 4 N–H and O–H groups in total. The van der Waals surface area contributed by atoms with Gasteiger partial charge in [0.15, 0.2) is 6.61 Å². The molecule has 190 valence electrons. The zero-order valence-electron chi connectivity index (χ0n) is 19.5. The molecule has 0 aromatic rings. The molecule has 0 fully saturated rings. The fourth-order valence-electron chi connectivity index (χ4n) is 1.67. The minimum atomic E-state index is -1.30. The topological polar surface area (TPSA) is 206 Å². The summed E-state index contributed by atoms with van der Waals surface area (Å²) in [5, 5.41) is 27.6. The first-order valence-electron chi connectivity index (χ1n) is 9.54. The quantitative estimate of drug-likeness (QED) is 0.239. The van der Waals surface area contributed by atoms with E-state index in [0.717, 1.165) is 0 Å². The number of nitrogens with zero attached hydrogens (tertiary/aromatic N) is 1. The van der Waals surface area contributed by atoms with Gasteiger partial charge in [0.1, 0.15) is 24.3 Å². The van der Waals surface area contributed by atoms with Gasteiger partial charge < -0.3 is 29.5 Å². The lowest BCUT2D eigenvalue weighted by Gasteiger charge is -2.25. The first-order valence-corrected chi connectivity index (χ1v) is 9.54. The Kier molecular flexibility index (Phi) is 14.1. The normalized spacial score (nSPS) is 10.7. The third-order valence-corrected chi connectivity index (χ3v) is 2.62. The molecule has 0 spiro atoms. The van der Waals surface area contributed by atoms with Crippen LogP contribution in [0.3, 0.4) is 0 Å². The van der Waals surface area contributed by atoms with E-state index in [1.54, 1.807) is 41.5 Å². The lowest BCUT2D eigenvalue weighted by molar-refractivity contribution is -0.166. The maximum atomic E-state index is 11.4. The van der Waals surface area contributed by atoms with Gasteiger partial charge in [0.25, 0.3) is 0 Å². The molecule has 0 rings (SSSR count). The molecule has 0 aromatic heterocycles. The fraction of sp³-hybridized carbons (Fsp3) is 0.684. The van der Waals surface area contributed by atoms with Crippen LogP contribution in [0.5, 0.6) is 0 Å². The molecule has 0 heterocycles. The maximum absolute atomic E-state index is 11.4. The highest BCUT2D eigenvalue weighted by atomic mass is 16.6. The van der Waals surface area contributed by atoms with Crippen molar-refractivity contribution < 1.29 is 58.3 Å². The number of esters is 2. The van der Waals surface area contributed by atoms with Crippen LogP contribution in [0.4, 0.5) is 4.79 Å². The molecule has 0 unspecified atom stereocenters. The second kappa shape index (κ2) is 14.6. The third-order valence-electron chi connectivity index (χ3n) is 2.62. The van der Waals surface area contributed by atoms with Crippen LogP contribution in [-0.4, -0.2) is 100 Å². The zero-order valence-corrected chi connectivity index (χ0v) is 19.5. The van der Waals surface area contributed by atoms with Gasteiger partial charge in [0.2, 0.25) is 0 Å². The van der Waals surface area contributed by atoms with Gasteiger partial charge >= 0.3 is 35.9 Å². The van der Waals surface area contributed by atoms with Gasteiger partial charge in [-0.05, 0) is 41.5 Å². The average Bonchev–Trinajstić information content (AvgIpc) is 2.56. The van der Waals surface area contributed by atoms with Gasteiger partial charge in [-0.15, -0.1) is 0 Å². The van der Waals surface area contributed by atoms with E-state index in [9.17, 15) is 28.8 Å². The summed E-state index contributed by atoms with van der Waals surface area (Å²) in [6.07, 6.45) is -0.961. The Morgan fingerprint density at radius 3 is 1.52 bits per heavy atom. The number of ether oxygens (including phenoxy) is 3. The molecule has 0 aliphatic carbocycles. The van der Waals surface area contributed by atoms with E-state index in [4.69, 9.17) is 24.8 Å². The second-order valence-electron chi connectivity index (χ2n) is 8.37. The Morgan fingerprint density at radius 1 is 0.697 bits per heavy atom. The molecule has 14 heteroatoms. The lowest BCUT2D eigenvalue weighted by Crippen LogP contribution is -2.42. The molecule has 0 atom stereocenters. The van der Waals surface area contributed by atoms with Crippen molar-refractivity contribution in [3.05, 3.63) is 0 Å². The first-order chi connectivity index (χ1) is 14.8. The van der Waals surface area contributed by atoms with Crippen molar-refractivity contribution in [1.82, 2.24) is 10.2 Å². The first kappa shape index (κ1) is 31.8. The van der Waals surface area contributed by atoms with Crippen LogP contribution in [0.15, 0.2) is 0 Å². The van der Waals surface area contributed by atoms with Gasteiger partial charge in [0.05, 0.1) is 13.1 Å². The Bertz CT molecular complexity index is 691. The molecule has 14 nitrogen and oxygen atoms in total. The van der Waals surface area contributed by atoms with E-state index in [1.165, 1.54) is 0 Å². The minimum Gasteiger partial charge on any atom is -0.480 e. The Balaban J connectivity index is 0. The summed E-state index contributed by atoms with van der Waals surface area (Å²) in [6.45, 7) is 7.38. The van der Waals surface area contributed by atoms with Crippen molar-refractivity contribution in [1.29, 1.82) is 0 Å². The summed E-state index contributed by atoms with van der Waals surface area (Å²) in [4.78, 5) is 65.1. The third kappa shape index (κ3) is 23.1. The van der Waals surface area contributed by atoms with Crippen molar-refractivity contribution in [2.24, 2.45) is 0 Å². The highest BCUT2D eigenvalue weighted by Gasteiger charge is 2.25. The molecule has 0 radical (unpaired) electrons. The molecule has 0 saturated heterocycles. The summed E-state index contributed by atoms with van der Waals surface area (Å²) in [5.74, 6) is -5.04. The zero-order chi connectivity index (χ0) is 26.4. The summed E-state index contributed by atoms with van der Waals surface area (Å²) < 4.78 is 14.3. The largest absolute Gasteiger partial charge is 0.480 e. The van der Waals surface area contributed by atoms with Crippen molar-refractivity contribution in [2.45, 2.75) is 52.7 Å². The van der Waals surface area contributed by atoms with Gasteiger partial charge in [-0.1, -0.05) is 0 Å². The van der Waals surface area contributed by atoms with E-state index in [2.05, 4.69) is 10.1 Å². The van der Waals surface area contributed by atoms with Crippen LogP contribution >= 0.6 is 0 Å². The number of amides is 1. The molecule has 0 aliphatic heterocycles. The molecular weight excluding hydrogens is 448 g/mol. The lowest BCUT2D eigenvalue weighted by atomic mass is 10.2. The van der Waals surface area contributed by atoms with Crippen LogP contribution in [0, 0.1) is 0 Å². The molecule has 0 aromatic carbocycles. The number of aliphatic carboxylic acids is 3. The number of hydrogen-bond acceptors (Lipinski definition) is 10. The summed E-state index contributed by atoms with van der Waals surface area (Å²) in [5.41, 5.74) is -1.43. The number of carbonyl (C=O) groups excluding carboxylic acids is 3. The number of hydrogen-bond donors (Lipinski definition) is 4. The number of carboxylic acids is 3. The predicted molar refractivity (Wildman–Crippen MR) is 110 cm³/mol. The van der Waals surface area contributed by atoms with E-state index in [0.29, 0.717) is 4.90 Å². The van der Waals surface area contributed by atoms with Crippen molar-refractivity contribution >= 4 is 35.9 Å². The second-order valence-corrected chi connectivity index (χ2v) is 8.37. The van der Waals surface area contributed by atoms with Crippen molar-refractivity contribution in [3.8, 4) is 0 Å². The van der Waals surface area contributed by atoms with Crippen molar-refractivity contribution in [3.63, 3.8) is 0 Å². The van der Waals surface area contributed by atoms with Crippen LogP contribution in [0.25, 0.3) is 0 Å². The van der Waals surface area contributed by atoms with Gasteiger partial charge in [0, 0.05) is 0 Å². The average molecular weight is 480 g/mol. The SMILES string of the molecule is CC(C)(C)OC(=O)COC(=O)CNCC(=O)O.CC(C)(C)OC(=O)N(CC(=O)O)CC(=O)O. The van der Waals surface area contributed by atoms with Gasteiger partial charge in [-0.25, -0.2) is 9.59 Å². The fourth-order valence-corrected chi connectivity index (χ4v) is 1.67. The van der Waals surface area contributed by atoms with Crippen LogP contribution in [0.2, 0.25) is 0 Å². The molecule has 0 saturated carbocycles. The van der Waals surface area contributed by atoms with Crippen LogP contribution < -0.4 is 5.32 Å². The highest BCUT2D eigenvalue weighted by molar-refractivity contribution is 5.81. The summed E-state index contributed by atoms with van der Waals surface area (Å²) >= 11 is 0. The Labute approximate surface area is 190 Å². The Morgan fingerprint density at radius 2 is 1.15 bits per heavy atom. The summed E-state index contributed by atoms with van der Waals surface area (Å²) in [6, 6.07) is 0. The standard InChI is InChI=1S/C10H17NO6.C9H15NO6/c1-10(2,3)17-9(15)6-16-8(14)5-11-4-7(12)13;1-9(2,3)16-8(15)10(4-6(11)12)5-7(13)14/h11H,4-6H2,1-3H3,(H,12,13);4-5H2,1-3H3,(H,11,12)(H,13,14). The predicted octanol–water partition coefficient (Wildman–Crippen LogP) is -0.0618. The smallest absolute Gasteiger partial charge is 0.411 e. The molecule has 0 bridgehead atoms. The van der Waals surface area contributed by atoms with Crippen LogP contribution in [0.1, 0.15) is 41.5 Å². The van der Waals surface area contributed by atoms with Crippen LogP contribution in [-0.2, 0) is 38.2 Å². The minimum absolute atomic E-state index is 0.269. The van der Waals surface area contributed by atoms with Crippen molar-refractivity contribution in [2.75, 3.05) is 32.8 Å². The number of carbonyl (C=O) groups is 6. The van der Waals surface area contributed by atoms with Gasteiger partial charge in [-0.2, -0.15) is 0 Å². The monoisotopic (exact) mass is 480 g/mol. The molecule has 0 aliphatic rings. The Hall–Kier alpha value is -3.42. The molecular formula is C19H32N2O12. The maximum Gasteiger partial charge on any atom is 0.411 e. The number of carboxylic acid groups (broad SMARTS) is 3. The molecule has 1 amide bonds. The van der Waals surface area contributed by atoms with E-state index in [1.807, 2.05) is 0 Å². The number of nitrogens with one attached hydrogen (secondary N) is 1. The molecule has 33 heavy (non-hydrogen) atoms. The highest BCUT2D eigenvalue weighted by Crippen LogP contribution is 2.09. The number of rotatable bonds is 10. The van der Waals surface area contributed by atoms with E-state index in [-0.39, 0.29) is 13.1 Å². The van der Waals surface area contributed by atoms with E-state index >= 15 is 0 Å². The van der Waals surface area contributed by atoms with Gasteiger partial charge in [-0.3, -0.25) is 29.4 Å². The summed E-state index contributed by atoms with van der Waals surface area (Å²) in [7, 11) is 0.